The van der Waals surface area contributed by atoms with E-state index >= 15 is 0 Å². The fraction of sp³-hybridized carbons (Fsp3) is 0.474. The molecule has 0 aliphatic rings. The number of sulfone groups is 1. The molecule has 0 unspecified atom stereocenters. The molecule has 1 heterocycles. The third-order valence-corrected chi connectivity index (χ3v) is 7.00. The zero-order chi connectivity index (χ0) is 20.5. The molecule has 0 aliphatic heterocycles. The average Bonchev–Trinajstić information content (AvgIpc) is 3.04. The molecule has 0 fully saturated rings. The highest BCUT2D eigenvalue weighted by atomic mass is 32.2. The quantitative estimate of drug-likeness (QED) is 0.636. The number of ketones is 1. The van der Waals surface area contributed by atoms with Crippen molar-refractivity contribution in [2.45, 2.75) is 49.2 Å². The predicted octanol–water partition coefficient (Wildman–Crippen LogP) is 3.10. The van der Waals surface area contributed by atoms with E-state index in [2.05, 4.69) is 5.16 Å². The number of halogens is 1. The molecular weight excluding hydrogens is 373 g/mol. The predicted molar refractivity (Wildman–Crippen MR) is 97.8 cm³/mol. The standard InChI is InChI=1S/C19H24FNO5S/c1-18(2,12-25-5)17-11-14(21-26-17)10-16(22)19(3,4)27(23,24)15-8-6-13(20)7-9-15/h6-9,11H,10,12H2,1-5H3. The van der Waals surface area contributed by atoms with Gasteiger partial charge in [0.25, 0.3) is 0 Å². The first-order valence-electron chi connectivity index (χ1n) is 8.40. The lowest BCUT2D eigenvalue weighted by Crippen LogP contribution is -2.41. The van der Waals surface area contributed by atoms with Crippen LogP contribution < -0.4 is 0 Å². The molecule has 0 radical (unpaired) electrons. The molecule has 0 saturated carbocycles. The van der Waals surface area contributed by atoms with Crippen LogP contribution in [0.5, 0.6) is 0 Å². The number of nitrogens with zero attached hydrogens (tertiary/aromatic N) is 1. The first-order chi connectivity index (χ1) is 12.4. The van der Waals surface area contributed by atoms with Crippen LogP contribution in [0.1, 0.15) is 39.1 Å². The Morgan fingerprint density at radius 1 is 1.19 bits per heavy atom. The van der Waals surface area contributed by atoms with Crippen LogP contribution in [-0.4, -0.2) is 37.8 Å². The summed E-state index contributed by atoms with van der Waals surface area (Å²) in [6.45, 7) is 6.89. The molecule has 0 atom stereocenters. The maximum Gasteiger partial charge on any atom is 0.190 e. The van der Waals surface area contributed by atoms with Crippen LogP contribution in [0.3, 0.4) is 0 Å². The van der Waals surface area contributed by atoms with Gasteiger partial charge in [-0.15, -0.1) is 0 Å². The Hall–Kier alpha value is -2.06. The number of aromatic nitrogens is 1. The molecule has 148 valence electrons. The van der Waals surface area contributed by atoms with E-state index < -0.39 is 31.6 Å². The third-order valence-electron chi connectivity index (χ3n) is 4.54. The second kappa shape index (κ2) is 7.52. The Morgan fingerprint density at radius 2 is 1.78 bits per heavy atom. The number of hydrogen-bond donors (Lipinski definition) is 0. The van der Waals surface area contributed by atoms with Crippen molar-refractivity contribution < 1.29 is 26.9 Å². The number of Topliss-reactive ketones (excluding diaryl/α,β-unsaturated/α-hetero) is 1. The fourth-order valence-electron chi connectivity index (χ4n) is 2.58. The van der Waals surface area contributed by atoms with Crippen LogP contribution in [0.15, 0.2) is 39.8 Å². The molecule has 0 saturated heterocycles. The number of benzene rings is 1. The minimum atomic E-state index is -4.00. The van der Waals surface area contributed by atoms with Gasteiger partial charge in [-0.05, 0) is 38.1 Å². The summed E-state index contributed by atoms with van der Waals surface area (Å²) in [5.41, 5.74) is -0.0831. The molecule has 0 spiro atoms. The number of methoxy groups -OCH3 is 1. The number of hydrogen-bond acceptors (Lipinski definition) is 6. The van der Waals surface area contributed by atoms with Gasteiger partial charge in [0.2, 0.25) is 0 Å². The van der Waals surface area contributed by atoms with Crippen LogP contribution in [0.2, 0.25) is 0 Å². The Morgan fingerprint density at radius 3 is 2.33 bits per heavy atom. The largest absolute Gasteiger partial charge is 0.384 e. The molecule has 8 heteroatoms. The van der Waals surface area contributed by atoms with Crippen LogP contribution in [0.25, 0.3) is 0 Å². The summed E-state index contributed by atoms with van der Waals surface area (Å²) in [6.07, 6.45) is -0.194. The highest BCUT2D eigenvalue weighted by Crippen LogP contribution is 2.29. The number of carbonyl (C=O) groups is 1. The minimum Gasteiger partial charge on any atom is -0.384 e. The Balaban J connectivity index is 2.24. The van der Waals surface area contributed by atoms with Gasteiger partial charge in [-0.25, -0.2) is 12.8 Å². The van der Waals surface area contributed by atoms with E-state index in [0.717, 1.165) is 24.3 Å². The van der Waals surface area contributed by atoms with Crippen molar-refractivity contribution in [2.24, 2.45) is 0 Å². The summed E-state index contributed by atoms with van der Waals surface area (Å²) >= 11 is 0. The van der Waals surface area contributed by atoms with Crippen molar-refractivity contribution in [3.63, 3.8) is 0 Å². The maximum absolute atomic E-state index is 13.1. The van der Waals surface area contributed by atoms with Gasteiger partial charge in [0.15, 0.2) is 15.6 Å². The Labute approximate surface area is 158 Å². The number of rotatable bonds is 8. The van der Waals surface area contributed by atoms with Crippen LogP contribution in [-0.2, 0) is 31.2 Å². The summed E-state index contributed by atoms with van der Waals surface area (Å²) in [5, 5.41) is 3.89. The van der Waals surface area contributed by atoms with Crippen molar-refractivity contribution in [2.75, 3.05) is 13.7 Å². The van der Waals surface area contributed by atoms with E-state index in [4.69, 9.17) is 9.26 Å². The molecule has 1 aromatic heterocycles. The topological polar surface area (TPSA) is 86.5 Å². The molecule has 0 aliphatic carbocycles. The molecule has 0 amide bonds. The van der Waals surface area contributed by atoms with E-state index in [9.17, 15) is 17.6 Å². The lowest BCUT2D eigenvalue weighted by atomic mass is 9.91. The summed E-state index contributed by atoms with van der Waals surface area (Å²) in [4.78, 5) is 12.6. The zero-order valence-corrected chi connectivity index (χ0v) is 16.9. The second-order valence-electron chi connectivity index (χ2n) is 7.57. The maximum atomic E-state index is 13.1. The van der Waals surface area contributed by atoms with E-state index in [1.807, 2.05) is 13.8 Å². The van der Waals surface area contributed by atoms with Crippen molar-refractivity contribution >= 4 is 15.6 Å². The lowest BCUT2D eigenvalue weighted by Gasteiger charge is -2.23. The number of carbonyl (C=O) groups excluding carboxylic acids is 1. The molecule has 27 heavy (non-hydrogen) atoms. The zero-order valence-electron chi connectivity index (χ0n) is 16.1. The van der Waals surface area contributed by atoms with Crippen LogP contribution in [0.4, 0.5) is 4.39 Å². The van der Waals surface area contributed by atoms with E-state index in [1.165, 1.54) is 13.8 Å². The highest BCUT2D eigenvalue weighted by molar-refractivity contribution is 7.93. The van der Waals surface area contributed by atoms with Gasteiger partial charge in [0, 0.05) is 18.6 Å². The summed E-state index contributed by atoms with van der Waals surface area (Å²) in [5.74, 6) is -0.533. The van der Waals surface area contributed by atoms with Crippen LogP contribution >= 0.6 is 0 Å². The normalized spacial score (nSPS) is 13.0. The molecule has 1 aromatic carbocycles. The minimum absolute atomic E-state index is 0.107. The van der Waals surface area contributed by atoms with Gasteiger partial charge in [0.1, 0.15) is 16.3 Å². The van der Waals surface area contributed by atoms with E-state index in [-0.39, 0.29) is 11.3 Å². The Bertz CT molecular complexity index is 914. The second-order valence-corrected chi connectivity index (χ2v) is 10.1. The average molecular weight is 397 g/mol. The highest BCUT2D eigenvalue weighted by Gasteiger charge is 2.42. The van der Waals surface area contributed by atoms with Gasteiger partial charge in [-0.1, -0.05) is 19.0 Å². The van der Waals surface area contributed by atoms with Gasteiger partial charge in [-0.3, -0.25) is 4.79 Å². The monoisotopic (exact) mass is 397 g/mol. The van der Waals surface area contributed by atoms with E-state index in [0.29, 0.717) is 18.1 Å². The SMILES string of the molecule is COCC(C)(C)c1cc(CC(=O)C(C)(C)S(=O)(=O)c2ccc(F)cc2)no1. The summed E-state index contributed by atoms with van der Waals surface area (Å²) in [6, 6.07) is 6.05. The van der Waals surface area contributed by atoms with Crippen LogP contribution in [0, 0.1) is 5.82 Å². The molecule has 0 bridgehead atoms. The number of ether oxygens (including phenoxy) is 1. The Kier molecular flexibility index (Phi) is 5.91. The third kappa shape index (κ3) is 4.27. The summed E-state index contributed by atoms with van der Waals surface area (Å²) < 4.78 is 47.5. The first-order valence-corrected chi connectivity index (χ1v) is 9.88. The lowest BCUT2D eigenvalue weighted by molar-refractivity contribution is -0.120. The molecule has 2 aromatic rings. The molecular formula is C19H24FNO5S. The summed E-state index contributed by atoms with van der Waals surface area (Å²) in [7, 11) is -2.42. The first kappa shape index (κ1) is 21.2. The molecule has 0 N–H and O–H groups in total. The molecule has 2 rings (SSSR count). The van der Waals surface area contributed by atoms with Gasteiger partial charge < -0.3 is 9.26 Å². The van der Waals surface area contributed by atoms with Crippen molar-refractivity contribution in [3.05, 3.63) is 47.6 Å². The van der Waals surface area contributed by atoms with Gasteiger partial charge >= 0.3 is 0 Å². The fourth-order valence-corrected chi connectivity index (χ4v) is 4.04. The smallest absolute Gasteiger partial charge is 0.190 e. The van der Waals surface area contributed by atoms with E-state index in [1.54, 1.807) is 13.2 Å². The van der Waals surface area contributed by atoms with Gasteiger partial charge in [0.05, 0.1) is 23.6 Å². The van der Waals surface area contributed by atoms with Crippen molar-refractivity contribution in [1.82, 2.24) is 5.16 Å². The van der Waals surface area contributed by atoms with Gasteiger partial charge in [-0.2, -0.15) is 0 Å². The van der Waals surface area contributed by atoms with Crippen molar-refractivity contribution in [3.8, 4) is 0 Å². The molecule has 6 nitrogen and oxygen atoms in total. The van der Waals surface area contributed by atoms with Crippen molar-refractivity contribution in [1.29, 1.82) is 0 Å².